The van der Waals surface area contributed by atoms with Crippen molar-refractivity contribution in [3.63, 3.8) is 0 Å². The lowest BCUT2D eigenvalue weighted by molar-refractivity contribution is -0.384. The topological polar surface area (TPSA) is 114 Å². The Hall–Kier alpha value is -4.05. The number of rotatable bonds is 8. The van der Waals surface area contributed by atoms with Crippen LogP contribution in [0.3, 0.4) is 0 Å². The van der Waals surface area contributed by atoms with Gasteiger partial charge >= 0.3 is 0 Å². The smallest absolute Gasteiger partial charge is 0.269 e. The molecule has 2 amide bonds. The van der Waals surface area contributed by atoms with Gasteiger partial charge in [-0.1, -0.05) is 18.2 Å². The van der Waals surface area contributed by atoms with Crippen LogP contribution in [0, 0.1) is 10.1 Å². The van der Waals surface area contributed by atoms with E-state index in [-0.39, 0.29) is 23.9 Å². The number of amides is 2. The molecule has 186 valence electrons. The highest BCUT2D eigenvalue weighted by atomic mass is 16.6. The largest absolute Gasteiger partial charge is 0.352 e. The molecule has 10 nitrogen and oxygen atoms in total. The first-order valence-corrected chi connectivity index (χ1v) is 12.1. The number of carbonyl (C=O) groups is 2. The summed E-state index contributed by atoms with van der Waals surface area (Å²) in [5.41, 5.74) is 2.95. The van der Waals surface area contributed by atoms with E-state index in [0.717, 1.165) is 24.1 Å². The monoisotopic (exact) mass is 488 g/mol. The van der Waals surface area contributed by atoms with Gasteiger partial charge in [-0.2, -0.15) is 5.10 Å². The molecule has 1 N–H and O–H groups in total. The van der Waals surface area contributed by atoms with E-state index in [4.69, 9.17) is 5.10 Å². The Morgan fingerprint density at radius 1 is 1.00 bits per heavy atom. The molecule has 36 heavy (non-hydrogen) atoms. The predicted octanol–water partition coefficient (Wildman–Crippen LogP) is 2.41. The molecule has 0 spiro atoms. The van der Waals surface area contributed by atoms with Crippen LogP contribution >= 0.6 is 0 Å². The second kappa shape index (κ2) is 10.3. The summed E-state index contributed by atoms with van der Waals surface area (Å²) in [6.07, 6.45) is 4.15. The maximum Gasteiger partial charge on any atom is 0.269 e. The number of nitro groups is 1. The van der Waals surface area contributed by atoms with Crippen molar-refractivity contribution in [3.8, 4) is 16.9 Å². The molecule has 2 aromatic carbocycles. The molecule has 1 aliphatic carbocycles. The predicted molar refractivity (Wildman–Crippen MR) is 134 cm³/mol. The van der Waals surface area contributed by atoms with Crippen LogP contribution in [0.1, 0.15) is 18.4 Å². The lowest BCUT2D eigenvalue weighted by Gasteiger charge is -2.34. The molecular weight excluding hydrogens is 460 g/mol. The lowest BCUT2D eigenvalue weighted by atomic mass is 10.0. The number of hydrogen-bond acceptors (Lipinski definition) is 6. The van der Waals surface area contributed by atoms with E-state index in [0.29, 0.717) is 50.0 Å². The Kier molecular flexibility index (Phi) is 6.77. The minimum absolute atomic E-state index is 0.00236. The molecule has 1 saturated carbocycles. The third-order valence-electron chi connectivity index (χ3n) is 6.54. The molecule has 2 fully saturated rings. The second-order valence-corrected chi connectivity index (χ2v) is 9.26. The van der Waals surface area contributed by atoms with E-state index in [1.165, 1.54) is 12.1 Å². The standard InChI is InChI=1S/C26H28N6O4/c33-24(27-21-8-9-21)18-29-12-14-30(15-13-29)25(34)16-20-17-31(22-4-2-1-3-5-22)28-26(20)19-6-10-23(11-7-19)32(35)36/h1-7,10-11,17,21H,8-9,12-16,18H2,(H,27,33). The minimum atomic E-state index is -0.438. The van der Waals surface area contributed by atoms with Crippen LogP contribution in [0.15, 0.2) is 60.8 Å². The number of hydrogen-bond donors (Lipinski definition) is 1. The molecule has 10 heteroatoms. The van der Waals surface area contributed by atoms with Crippen LogP contribution in [0.25, 0.3) is 16.9 Å². The summed E-state index contributed by atoms with van der Waals surface area (Å²) >= 11 is 0. The van der Waals surface area contributed by atoms with Crippen LogP contribution in [0.2, 0.25) is 0 Å². The number of carbonyl (C=O) groups excluding carboxylic acids is 2. The SMILES string of the molecule is O=C(CN1CCN(C(=O)Cc2cn(-c3ccccc3)nc2-c2ccc([N+](=O)[O-])cc2)CC1)NC1CC1. The molecule has 0 bridgehead atoms. The summed E-state index contributed by atoms with van der Waals surface area (Å²) in [6.45, 7) is 2.81. The molecule has 5 rings (SSSR count). The van der Waals surface area contributed by atoms with Gasteiger partial charge in [-0.3, -0.25) is 24.6 Å². The Bertz CT molecular complexity index is 1250. The normalized spacial score (nSPS) is 16.1. The fraction of sp³-hybridized carbons (Fsp3) is 0.346. The summed E-state index contributed by atoms with van der Waals surface area (Å²) in [7, 11) is 0. The molecule has 1 aromatic heterocycles. The highest BCUT2D eigenvalue weighted by Gasteiger charge is 2.27. The van der Waals surface area contributed by atoms with Crippen molar-refractivity contribution in [1.82, 2.24) is 24.9 Å². The van der Waals surface area contributed by atoms with Crippen molar-refractivity contribution in [1.29, 1.82) is 0 Å². The van der Waals surface area contributed by atoms with Gasteiger partial charge in [-0.25, -0.2) is 4.68 Å². The molecule has 1 saturated heterocycles. The maximum atomic E-state index is 13.2. The van der Waals surface area contributed by atoms with Crippen LogP contribution in [-0.2, 0) is 16.0 Å². The van der Waals surface area contributed by atoms with Gasteiger partial charge < -0.3 is 10.2 Å². The van der Waals surface area contributed by atoms with Crippen molar-refractivity contribution in [2.75, 3.05) is 32.7 Å². The van der Waals surface area contributed by atoms with Crippen LogP contribution in [-0.4, -0.2) is 75.1 Å². The zero-order chi connectivity index (χ0) is 25.1. The number of nitrogens with zero attached hydrogens (tertiary/aromatic N) is 5. The Morgan fingerprint density at radius 3 is 2.33 bits per heavy atom. The van der Waals surface area contributed by atoms with E-state index >= 15 is 0 Å². The molecule has 0 atom stereocenters. The van der Waals surface area contributed by atoms with Crippen molar-refractivity contribution < 1.29 is 14.5 Å². The van der Waals surface area contributed by atoms with Gasteiger partial charge in [0.2, 0.25) is 11.8 Å². The highest BCUT2D eigenvalue weighted by molar-refractivity contribution is 5.82. The average molecular weight is 489 g/mol. The second-order valence-electron chi connectivity index (χ2n) is 9.26. The summed E-state index contributed by atoms with van der Waals surface area (Å²) in [4.78, 5) is 39.9. The van der Waals surface area contributed by atoms with Gasteiger partial charge in [-0.05, 0) is 37.1 Å². The van der Waals surface area contributed by atoms with E-state index < -0.39 is 4.92 Å². The fourth-order valence-corrected chi connectivity index (χ4v) is 4.37. The molecule has 3 aromatic rings. The fourth-order valence-electron chi connectivity index (χ4n) is 4.37. The average Bonchev–Trinajstić information content (AvgIpc) is 3.61. The van der Waals surface area contributed by atoms with Crippen molar-refractivity contribution in [2.24, 2.45) is 0 Å². The molecule has 0 radical (unpaired) electrons. The van der Waals surface area contributed by atoms with Gasteiger partial charge in [0, 0.05) is 61.7 Å². The summed E-state index contributed by atoms with van der Waals surface area (Å²) in [6, 6.07) is 16.2. The molecular formula is C26H28N6O4. The Labute approximate surface area is 208 Å². The van der Waals surface area contributed by atoms with Gasteiger partial charge in [0.05, 0.1) is 29.3 Å². The lowest BCUT2D eigenvalue weighted by Crippen LogP contribution is -2.51. The summed E-state index contributed by atoms with van der Waals surface area (Å²) in [5, 5.41) is 18.8. The first-order chi connectivity index (χ1) is 17.5. The van der Waals surface area contributed by atoms with Gasteiger partial charge in [0.25, 0.3) is 5.69 Å². The number of piperazine rings is 1. The van der Waals surface area contributed by atoms with Crippen molar-refractivity contribution in [3.05, 3.63) is 76.5 Å². The number of para-hydroxylation sites is 1. The van der Waals surface area contributed by atoms with E-state index in [9.17, 15) is 19.7 Å². The van der Waals surface area contributed by atoms with Crippen LogP contribution < -0.4 is 5.32 Å². The number of non-ortho nitro benzene ring substituents is 1. The van der Waals surface area contributed by atoms with Gasteiger partial charge in [-0.15, -0.1) is 0 Å². The number of nitrogens with one attached hydrogen (secondary N) is 1. The number of aromatic nitrogens is 2. The van der Waals surface area contributed by atoms with Crippen molar-refractivity contribution >= 4 is 17.5 Å². The first kappa shape index (κ1) is 23.7. The van der Waals surface area contributed by atoms with Crippen molar-refractivity contribution in [2.45, 2.75) is 25.3 Å². The van der Waals surface area contributed by atoms with E-state index in [1.807, 2.05) is 41.4 Å². The van der Waals surface area contributed by atoms with Gasteiger partial charge in [0.1, 0.15) is 0 Å². The molecule has 0 unspecified atom stereocenters. The zero-order valence-electron chi connectivity index (χ0n) is 19.9. The van der Waals surface area contributed by atoms with E-state index in [1.54, 1.807) is 16.8 Å². The highest BCUT2D eigenvalue weighted by Crippen LogP contribution is 2.27. The summed E-state index contributed by atoms with van der Waals surface area (Å²) < 4.78 is 1.73. The quantitative estimate of drug-likeness (QED) is 0.385. The Morgan fingerprint density at radius 2 is 1.69 bits per heavy atom. The number of benzene rings is 2. The molecule has 2 aliphatic rings. The molecule has 2 heterocycles. The third kappa shape index (κ3) is 5.60. The maximum absolute atomic E-state index is 13.2. The first-order valence-electron chi connectivity index (χ1n) is 12.1. The number of nitro benzene ring substituents is 1. The molecule has 1 aliphatic heterocycles. The third-order valence-corrected chi connectivity index (χ3v) is 6.54. The van der Waals surface area contributed by atoms with E-state index in [2.05, 4.69) is 10.2 Å². The van der Waals surface area contributed by atoms with Crippen LogP contribution in [0.4, 0.5) is 5.69 Å². The minimum Gasteiger partial charge on any atom is -0.352 e. The van der Waals surface area contributed by atoms with Gasteiger partial charge in [0.15, 0.2) is 0 Å². The Balaban J connectivity index is 1.29. The summed E-state index contributed by atoms with van der Waals surface area (Å²) in [5.74, 6) is 0.0474. The zero-order valence-corrected chi connectivity index (χ0v) is 19.9. The van der Waals surface area contributed by atoms with Crippen LogP contribution in [0.5, 0.6) is 0 Å².